The molecule has 0 N–H and O–H groups in total. The molecular weight excluding hydrogens is 291 g/mol. The van der Waals surface area contributed by atoms with E-state index in [4.69, 9.17) is 9.47 Å². The number of halogens is 3. The highest BCUT2D eigenvalue weighted by atomic mass is 19.4. The van der Waals surface area contributed by atoms with E-state index in [-0.39, 0.29) is 18.0 Å². The van der Waals surface area contributed by atoms with Gasteiger partial charge in [0, 0.05) is 13.1 Å². The van der Waals surface area contributed by atoms with Crippen molar-refractivity contribution >= 4 is 12.1 Å². The van der Waals surface area contributed by atoms with Crippen molar-refractivity contribution in [2.45, 2.75) is 46.4 Å². The summed E-state index contributed by atoms with van der Waals surface area (Å²) in [6.45, 7) is 4.91. The van der Waals surface area contributed by atoms with E-state index in [9.17, 15) is 22.8 Å². The molecule has 0 radical (unpaired) electrons. The molecule has 0 bridgehead atoms. The first-order chi connectivity index (χ1) is 9.56. The molecule has 1 fully saturated rings. The van der Waals surface area contributed by atoms with Crippen LogP contribution in [0.3, 0.4) is 0 Å². The Morgan fingerprint density at radius 2 is 1.81 bits per heavy atom. The molecule has 0 unspecified atom stereocenters. The minimum atomic E-state index is -3.67. The molecule has 21 heavy (non-hydrogen) atoms. The molecule has 0 aliphatic carbocycles. The average molecular weight is 313 g/mol. The molecule has 124 valence electrons. The number of hydrogen-bond acceptors (Lipinski definition) is 4. The minimum Gasteiger partial charge on any atom is -0.466 e. The molecule has 1 atom stereocenters. The van der Waals surface area contributed by atoms with Crippen LogP contribution in [0.1, 0.15) is 34.1 Å². The van der Waals surface area contributed by atoms with Crippen LogP contribution in [0.15, 0.2) is 0 Å². The quantitative estimate of drug-likeness (QED) is 0.735. The lowest BCUT2D eigenvalue weighted by molar-refractivity contribution is -0.147. The Morgan fingerprint density at radius 1 is 1.29 bits per heavy atom. The van der Waals surface area contributed by atoms with Crippen LogP contribution in [0.25, 0.3) is 0 Å². The van der Waals surface area contributed by atoms with Crippen LogP contribution < -0.4 is 0 Å². The highest BCUT2D eigenvalue weighted by Crippen LogP contribution is 2.20. The second kappa shape index (κ2) is 8.74. The fraction of sp³-hybridized carbons (Fsp3) is 0.846. The SMILES string of the molecule is CCOC(=O)[C@@H]1CCN(C(=O)OC(C)(C)C)C1.FC(F)F. The normalized spacial score (nSPS) is 18.1. The molecule has 0 aromatic heterocycles. The summed E-state index contributed by atoms with van der Waals surface area (Å²) in [4.78, 5) is 24.8. The van der Waals surface area contributed by atoms with Crippen LogP contribution in [-0.2, 0) is 14.3 Å². The maximum absolute atomic E-state index is 11.7. The number of esters is 1. The molecule has 0 aromatic carbocycles. The smallest absolute Gasteiger partial charge is 0.410 e. The predicted molar refractivity (Wildman–Crippen MR) is 69.7 cm³/mol. The summed E-state index contributed by atoms with van der Waals surface area (Å²) in [5.41, 5.74) is -0.501. The third-order valence-electron chi connectivity index (χ3n) is 2.46. The molecular formula is C13H22F3NO4. The fourth-order valence-corrected chi connectivity index (χ4v) is 1.71. The lowest BCUT2D eigenvalue weighted by Gasteiger charge is -2.24. The Morgan fingerprint density at radius 3 is 2.24 bits per heavy atom. The first-order valence-electron chi connectivity index (χ1n) is 6.63. The van der Waals surface area contributed by atoms with Gasteiger partial charge in [-0.3, -0.25) is 4.79 Å². The topological polar surface area (TPSA) is 55.8 Å². The number of alkyl halides is 3. The van der Waals surface area contributed by atoms with Gasteiger partial charge in [-0.1, -0.05) is 0 Å². The molecule has 1 saturated heterocycles. The van der Waals surface area contributed by atoms with E-state index >= 15 is 0 Å². The Kier molecular flexibility index (Phi) is 8.12. The summed E-state index contributed by atoms with van der Waals surface area (Å²) < 4.78 is 39.2. The zero-order valence-corrected chi connectivity index (χ0v) is 12.7. The zero-order chi connectivity index (χ0) is 16.6. The molecule has 0 aromatic rings. The highest BCUT2D eigenvalue weighted by Gasteiger charge is 2.34. The molecule has 1 amide bonds. The summed E-state index contributed by atoms with van der Waals surface area (Å²) >= 11 is 0. The molecule has 1 heterocycles. The van der Waals surface area contributed by atoms with Gasteiger partial charge in [0.15, 0.2) is 0 Å². The van der Waals surface area contributed by atoms with Gasteiger partial charge in [-0.05, 0) is 34.1 Å². The predicted octanol–water partition coefficient (Wildman–Crippen LogP) is 2.99. The van der Waals surface area contributed by atoms with E-state index in [2.05, 4.69) is 0 Å². The summed E-state index contributed by atoms with van der Waals surface area (Å²) in [6.07, 6.45) is 0.294. The van der Waals surface area contributed by atoms with Crippen LogP contribution in [0.5, 0.6) is 0 Å². The second-order valence-electron chi connectivity index (χ2n) is 5.41. The van der Waals surface area contributed by atoms with Gasteiger partial charge >= 0.3 is 18.7 Å². The minimum absolute atomic E-state index is 0.206. The van der Waals surface area contributed by atoms with Crippen molar-refractivity contribution < 1.29 is 32.2 Å². The van der Waals surface area contributed by atoms with Crippen LogP contribution >= 0.6 is 0 Å². The van der Waals surface area contributed by atoms with Gasteiger partial charge in [-0.25, -0.2) is 4.79 Å². The maximum atomic E-state index is 11.7. The Balaban J connectivity index is 0.000000885. The van der Waals surface area contributed by atoms with Gasteiger partial charge in [0.2, 0.25) is 0 Å². The molecule has 0 spiro atoms. The number of likely N-dealkylation sites (tertiary alicyclic amines) is 1. The molecule has 1 rings (SSSR count). The van der Waals surface area contributed by atoms with Crippen molar-refractivity contribution in [1.82, 2.24) is 4.90 Å². The summed E-state index contributed by atoms with van der Waals surface area (Å²) in [7, 11) is 0. The first-order valence-corrected chi connectivity index (χ1v) is 6.63. The third-order valence-corrected chi connectivity index (χ3v) is 2.46. The summed E-state index contributed by atoms with van der Waals surface area (Å²) in [5, 5.41) is 0. The number of nitrogens with zero attached hydrogens (tertiary/aromatic N) is 1. The molecule has 8 heteroatoms. The van der Waals surface area contributed by atoms with Crippen LogP contribution in [0.4, 0.5) is 18.0 Å². The summed E-state index contributed by atoms with van der Waals surface area (Å²) in [5.74, 6) is -0.430. The van der Waals surface area contributed by atoms with Crippen molar-refractivity contribution in [3.05, 3.63) is 0 Å². The van der Waals surface area contributed by atoms with Gasteiger partial charge in [0.05, 0.1) is 12.5 Å². The van der Waals surface area contributed by atoms with Gasteiger partial charge in [-0.2, -0.15) is 13.2 Å². The highest BCUT2D eigenvalue weighted by molar-refractivity contribution is 5.75. The third kappa shape index (κ3) is 9.14. The first kappa shape index (κ1) is 19.5. The second-order valence-corrected chi connectivity index (χ2v) is 5.41. The van der Waals surface area contributed by atoms with Crippen molar-refractivity contribution in [3.63, 3.8) is 0 Å². The summed E-state index contributed by atoms with van der Waals surface area (Å²) in [6, 6.07) is 0. The number of rotatable bonds is 2. The molecule has 1 aliphatic rings. The molecule has 5 nitrogen and oxygen atoms in total. The van der Waals surface area contributed by atoms with Crippen molar-refractivity contribution in [1.29, 1.82) is 0 Å². The fourth-order valence-electron chi connectivity index (χ4n) is 1.71. The van der Waals surface area contributed by atoms with Gasteiger partial charge in [-0.15, -0.1) is 0 Å². The lowest BCUT2D eigenvalue weighted by atomic mass is 10.1. The van der Waals surface area contributed by atoms with Gasteiger partial charge < -0.3 is 14.4 Å². The number of carbonyl (C=O) groups excluding carboxylic acids is 2. The van der Waals surface area contributed by atoms with E-state index < -0.39 is 12.3 Å². The average Bonchev–Trinajstić information content (AvgIpc) is 2.75. The number of amides is 1. The van der Waals surface area contributed by atoms with Crippen LogP contribution in [-0.4, -0.2) is 48.9 Å². The Bertz CT molecular complexity index is 342. The maximum Gasteiger partial charge on any atom is 0.410 e. The van der Waals surface area contributed by atoms with Gasteiger partial charge in [0.25, 0.3) is 0 Å². The Hall–Kier alpha value is -1.47. The van der Waals surface area contributed by atoms with E-state index in [1.807, 2.05) is 20.8 Å². The molecule has 1 aliphatic heterocycles. The number of carbonyl (C=O) groups is 2. The Labute approximate surface area is 122 Å². The van der Waals surface area contributed by atoms with Crippen LogP contribution in [0, 0.1) is 5.92 Å². The van der Waals surface area contributed by atoms with Crippen LogP contribution in [0.2, 0.25) is 0 Å². The lowest BCUT2D eigenvalue weighted by Crippen LogP contribution is -2.36. The van der Waals surface area contributed by atoms with Crippen molar-refractivity contribution in [2.24, 2.45) is 5.92 Å². The molecule has 0 saturated carbocycles. The van der Waals surface area contributed by atoms with Crippen molar-refractivity contribution in [2.75, 3.05) is 19.7 Å². The standard InChI is InChI=1S/C12H21NO4.CHF3/c1-5-16-10(14)9-6-7-13(8-9)11(15)17-12(2,3)4;2-1(3)4/h9H,5-8H2,1-4H3;1H/t9-;/m1./s1. The van der Waals surface area contributed by atoms with Crippen molar-refractivity contribution in [3.8, 4) is 0 Å². The number of ether oxygens (including phenoxy) is 2. The largest absolute Gasteiger partial charge is 0.466 e. The van der Waals surface area contributed by atoms with E-state index in [0.29, 0.717) is 26.1 Å². The van der Waals surface area contributed by atoms with E-state index in [1.54, 1.807) is 11.8 Å². The monoisotopic (exact) mass is 313 g/mol. The van der Waals surface area contributed by atoms with E-state index in [0.717, 1.165) is 0 Å². The number of hydrogen-bond donors (Lipinski definition) is 0. The van der Waals surface area contributed by atoms with Gasteiger partial charge in [0.1, 0.15) is 5.60 Å². The van der Waals surface area contributed by atoms with E-state index in [1.165, 1.54) is 0 Å². The zero-order valence-electron chi connectivity index (χ0n) is 12.7.